The number of Topliss-reactive ketones (excluding diaryl/α,β-unsaturated/α-hetero) is 1. The third kappa shape index (κ3) is 5.52. The van der Waals surface area contributed by atoms with Gasteiger partial charge in [0.1, 0.15) is 5.75 Å². The lowest BCUT2D eigenvalue weighted by atomic mass is 10.1. The maximum absolute atomic E-state index is 13.2. The summed E-state index contributed by atoms with van der Waals surface area (Å²) in [7, 11) is 1.80. The number of rotatable bonds is 9. The number of hydrazine groups is 1. The van der Waals surface area contributed by atoms with Crippen molar-refractivity contribution in [2.75, 3.05) is 22.7 Å². The van der Waals surface area contributed by atoms with E-state index in [1.807, 2.05) is 54.6 Å². The Balaban J connectivity index is 1.10. The molecule has 3 N–H and O–H groups in total. The lowest BCUT2D eigenvalue weighted by molar-refractivity contribution is -0.113. The standard InChI is InChI=1S/C32H30N6O4/c1-20-28(31(41)38(37(20)2)23-8-4-3-5-9-23)30(40)34-22-14-16-24(17-15-22)42-27-18-19-33-32(36-27)35-26-11-7-6-10-25(26)29(39)21-12-13-21/h3-11,14-19,21,31,41H,12-13H2,1-2H3,(H,34,40)(H,33,35,36). The first kappa shape index (κ1) is 27.0. The summed E-state index contributed by atoms with van der Waals surface area (Å²) in [6.07, 6.45) is 2.31. The van der Waals surface area contributed by atoms with Crippen LogP contribution in [0.1, 0.15) is 30.1 Å². The molecular weight excluding hydrogens is 532 g/mol. The molecule has 1 aliphatic carbocycles. The van der Waals surface area contributed by atoms with Gasteiger partial charge in [-0.3, -0.25) is 19.6 Å². The summed E-state index contributed by atoms with van der Waals surface area (Å²) in [5.41, 5.74) is 3.52. The maximum Gasteiger partial charge on any atom is 0.258 e. The van der Waals surface area contributed by atoms with E-state index in [4.69, 9.17) is 4.74 Å². The van der Waals surface area contributed by atoms with E-state index >= 15 is 0 Å². The number of anilines is 4. The number of nitrogens with zero attached hydrogens (tertiary/aromatic N) is 4. The van der Waals surface area contributed by atoms with E-state index in [-0.39, 0.29) is 17.3 Å². The van der Waals surface area contributed by atoms with Gasteiger partial charge in [-0.1, -0.05) is 30.3 Å². The molecule has 1 fully saturated rings. The number of nitrogens with one attached hydrogen (secondary N) is 2. The van der Waals surface area contributed by atoms with Gasteiger partial charge in [-0.25, -0.2) is 4.98 Å². The van der Waals surface area contributed by atoms with Crippen molar-refractivity contribution >= 4 is 34.7 Å². The van der Waals surface area contributed by atoms with Crippen molar-refractivity contribution in [2.45, 2.75) is 26.0 Å². The molecule has 2 aliphatic rings. The zero-order valence-corrected chi connectivity index (χ0v) is 23.2. The summed E-state index contributed by atoms with van der Waals surface area (Å²) < 4.78 is 5.92. The Labute approximate surface area is 243 Å². The average Bonchev–Trinajstić information content (AvgIpc) is 3.82. The molecule has 42 heavy (non-hydrogen) atoms. The van der Waals surface area contributed by atoms with Gasteiger partial charge < -0.3 is 20.5 Å². The molecule has 1 unspecified atom stereocenters. The van der Waals surface area contributed by atoms with Crippen LogP contribution in [-0.2, 0) is 4.79 Å². The summed E-state index contributed by atoms with van der Waals surface area (Å²) >= 11 is 0. The molecule has 1 aromatic heterocycles. The highest BCUT2D eigenvalue weighted by atomic mass is 16.5. The highest BCUT2D eigenvalue weighted by Crippen LogP contribution is 2.35. The second-order valence-corrected chi connectivity index (χ2v) is 10.2. The van der Waals surface area contributed by atoms with E-state index in [0.717, 1.165) is 18.5 Å². The van der Waals surface area contributed by atoms with Gasteiger partial charge in [0.2, 0.25) is 11.8 Å². The smallest absolute Gasteiger partial charge is 0.258 e. The number of allylic oxidation sites excluding steroid dienone is 1. The normalized spacial score (nSPS) is 16.4. The van der Waals surface area contributed by atoms with Gasteiger partial charge in [0, 0.05) is 42.2 Å². The minimum absolute atomic E-state index is 0.102. The van der Waals surface area contributed by atoms with Gasteiger partial charge in [-0.15, -0.1) is 0 Å². The first-order chi connectivity index (χ1) is 20.4. The molecule has 1 amide bonds. The zero-order chi connectivity index (χ0) is 29.2. The molecule has 3 aromatic carbocycles. The van der Waals surface area contributed by atoms with Gasteiger partial charge >= 0.3 is 0 Å². The molecule has 10 nitrogen and oxygen atoms in total. The second kappa shape index (κ2) is 11.3. The summed E-state index contributed by atoms with van der Waals surface area (Å²) in [5, 5.41) is 20.4. The number of aliphatic hydroxyl groups excluding tert-OH is 1. The number of ketones is 1. The highest BCUT2D eigenvalue weighted by molar-refractivity contribution is 6.06. The fraction of sp³-hybridized carbons (Fsp3) is 0.188. The molecule has 0 spiro atoms. The number of benzene rings is 3. The van der Waals surface area contributed by atoms with Crippen molar-refractivity contribution in [3.8, 4) is 11.6 Å². The van der Waals surface area contributed by atoms with Crippen molar-refractivity contribution in [3.63, 3.8) is 0 Å². The monoisotopic (exact) mass is 562 g/mol. The van der Waals surface area contributed by atoms with E-state index in [1.165, 1.54) is 0 Å². The molecule has 212 valence electrons. The minimum Gasteiger partial charge on any atom is -0.439 e. The highest BCUT2D eigenvalue weighted by Gasteiger charge is 2.37. The third-order valence-electron chi connectivity index (χ3n) is 7.31. The van der Waals surface area contributed by atoms with Crippen molar-refractivity contribution in [2.24, 2.45) is 5.92 Å². The number of aliphatic hydroxyl groups is 1. The molecule has 0 saturated heterocycles. The van der Waals surface area contributed by atoms with Crippen LogP contribution in [0.5, 0.6) is 11.6 Å². The molecule has 0 bridgehead atoms. The van der Waals surface area contributed by atoms with Crippen LogP contribution in [0.3, 0.4) is 0 Å². The molecule has 1 saturated carbocycles. The first-order valence-electron chi connectivity index (χ1n) is 13.7. The molecule has 0 radical (unpaired) electrons. The SMILES string of the molecule is CC1=C(C(=O)Nc2ccc(Oc3ccnc(Nc4ccccc4C(=O)C4CC4)n3)cc2)C(O)N(c2ccccc2)N1C. The predicted octanol–water partition coefficient (Wildman–Crippen LogP) is 5.50. The van der Waals surface area contributed by atoms with Crippen LogP contribution in [0.25, 0.3) is 0 Å². The van der Waals surface area contributed by atoms with E-state index in [0.29, 0.717) is 40.2 Å². The Bertz CT molecular complexity index is 1650. The largest absolute Gasteiger partial charge is 0.439 e. The zero-order valence-electron chi connectivity index (χ0n) is 23.2. The van der Waals surface area contributed by atoms with Gasteiger partial charge in [0.05, 0.1) is 16.9 Å². The minimum atomic E-state index is -1.13. The van der Waals surface area contributed by atoms with Crippen LogP contribution < -0.4 is 20.4 Å². The number of carbonyl (C=O) groups excluding carboxylic acids is 2. The van der Waals surface area contributed by atoms with Crippen LogP contribution in [0, 0.1) is 5.92 Å². The molecule has 6 rings (SSSR count). The topological polar surface area (TPSA) is 120 Å². The number of carbonyl (C=O) groups is 2. The van der Waals surface area contributed by atoms with Crippen LogP contribution >= 0.6 is 0 Å². The van der Waals surface area contributed by atoms with Crippen LogP contribution in [-0.4, -0.2) is 45.0 Å². The van der Waals surface area contributed by atoms with Crippen LogP contribution in [0.4, 0.5) is 23.0 Å². The molecule has 10 heteroatoms. The average molecular weight is 563 g/mol. The van der Waals surface area contributed by atoms with Crippen molar-refractivity contribution < 1.29 is 19.4 Å². The van der Waals surface area contributed by atoms with Crippen LogP contribution in [0.15, 0.2) is 102 Å². The third-order valence-corrected chi connectivity index (χ3v) is 7.31. The number of hydrogen-bond acceptors (Lipinski definition) is 9. The Hall–Kier alpha value is -5.22. The van der Waals surface area contributed by atoms with Crippen molar-refractivity contribution in [3.05, 3.63) is 108 Å². The van der Waals surface area contributed by atoms with E-state index < -0.39 is 12.1 Å². The summed E-state index contributed by atoms with van der Waals surface area (Å²) in [6.45, 7) is 1.80. The second-order valence-electron chi connectivity index (χ2n) is 10.2. The number of ether oxygens (including phenoxy) is 1. The fourth-order valence-electron chi connectivity index (χ4n) is 4.86. The van der Waals surface area contributed by atoms with Crippen molar-refractivity contribution in [1.29, 1.82) is 0 Å². The van der Waals surface area contributed by atoms with Gasteiger partial charge in [0.15, 0.2) is 12.0 Å². The summed E-state index contributed by atoms with van der Waals surface area (Å²) in [6, 6.07) is 25.2. The lowest BCUT2D eigenvalue weighted by Gasteiger charge is -2.31. The lowest BCUT2D eigenvalue weighted by Crippen LogP contribution is -2.41. The number of aromatic nitrogens is 2. The molecular formula is C32H30N6O4. The first-order valence-corrected chi connectivity index (χ1v) is 13.7. The van der Waals surface area contributed by atoms with Crippen molar-refractivity contribution in [1.82, 2.24) is 15.0 Å². The number of hydrogen-bond donors (Lipinski definition) is 3. The van der Waals surface area contributed by atoms with Gasteiger partial charge in [-0.05, 0) is 68.3 Å². The van der Waals surface area contributed by atoms with Crippen LogP contribution in [0.2, 0.25) is 0 Å². The Morgan fingerprint density at radius 3 is 2.40 bits per heavy atom. The molecule has 4 aromatic rings. The number of para-hydroxylation sites is 2. The molecule has 2 heterocycles. The maximum atomic E-state index is 13.2. The van der Waals surface area contributed by atoms with Gasteiger partial charge in [0.25, 0.3) is 5.91 Å². The number of amides is 1. The Morgan fingerprint density at radius 1 is 0.952 bits per heavy atom. The fourth-order valence-corrected chi connectivity index (χ4v) is 4.86. The quantitative estimate of drug-likeness (QED) is 0.227. The Morgan fingerprint density at radius 2 is 1.67 bits per heavy atom. The molecule has 1 aliphatic heterocycles. The Kier molecular flexibility index (Phi) is 7.28. The molecule has 1 atom stereocenters. The van der Waals surface area contributed by atoms with E-state index in [2.05, 4.69) is 20.6 Å². The summed E-state index contributed by atoms with van der Waals surface area (Å²) in [5.74, 6) is 0.965. The summed E-state index contributed by atoms with van der Waals surface area (Å²) in [4.78, 5) is 34.5. The predicted molar refractivity (Wildman–Crippen MR) is 159 cm³/mol. The van der Waals surface area contributed by atoms with E-state index in [9.17, 15) is 14.7 Å². The van der Waals surface area contributed by atoms with Gasteiger partial charge in [-0.2, -0.15) is 4.98 Å². The van der Waals surface area contributed by atoms with E-state index in [1.54, 1.807) is 60.5 Å².